The van der Waals surface area contributed by atoms with Crippen LogP contribution in [-0.2, 0) is 9.53 Å². The van der Waals surface area contributed by atoms with Crippen molar-refractivity contribution in [2.75, 3.05) is 6.61 Å². The number of benzene rings is 1. The highest BCUT2D eigenvalue weighted by atomic mass is 16.5. The van der Waals surface area contributed by atoms with Gasteiger partial charge in [0.15, 0.2) is 5.78 Å². The molecule has 1 aromatic carbocycles. The second-order valence-electron chi connectivity index (χ2n) is 3.31. The summed E-state index contributed by atoms with van der Waals surface area (Å²) in [4.78, 5) is 22.6. The number of ketones is 1. The van der Waals surface area contributed by atoms with Crippen LogP contribution >= 0.6 is 0 Å². The molecular formula is C11H10O3. The number of cyclic esters (lactones) is 1. The fourth-order valence-corrected chi connectivity index (χ4v) is 1.52. The van der Waals surface area contributed by atoms with Gasteiger partial charge in [0, 0.05) is 5.56 Å². The predicted molar refractivity (Wildman–Crippen MR) is 49.8 cm³/mol. The normalized spacial score (nSPS) is 20.6. The third-order valence-corrected chi connectivity index (χ3v) is 2.29. The molecule has 0 spiro atoms. The molecule has 0 aromatic heterocycles. The van der Waals surface area contributed by atoms with Crippen molar-refractivity contribution in [1.29, 1.82) is 0 Å². The van der Waals surface area contributed by atoms with Crippen molar-refractivity contribution >= 4 is 11.8 Å². The quantitative estimate of drug-likeness (QED) is 0.523. The van der Waals surface area contributed by atoms with E-state index in [9.17, 15) is 9.59 Å². The number of rotatable bonds is 2. The Bertz CT molecular complexity index is 356. The molecule has 1 heterocycles. The molecule has 0 N–H and O–H groups in total. The summed E-state index contributed by atoms with van der Waals surface area (Å²) in [7, 11) is 0. The fourth-order valence-electron chi connectivity index (χ4n) is 1.52. The minimum Gasteiger partial charge on any atom is -0.465 e. The van der Waals surface area contributed by atoms with Crippen molar-refractivity contribution in [3.8, 4) is 0 Å². The van der Waals surface area contributed by atoms with Gasteiger partial charge in [-0.3, -0.25) is 9.59 Å². The Morgan fingerprint density at radius 2 is 2.00 bits per heavy atom. The van der Waals surface area contributed by atoms with Crippen LogP contribution in [-0.4, -0.2) is 18.4 Å². The lowest BCUT2D eigenvalue weighted by Crippen LogP contribution is -2.14. The van der Waals surface area contributed by atoms with Crippen LogP contribution < -0.4 is 0 Å². The molecule has 0 amide bonds. The van der Waals surface area contributed by atoms with E-state index in [1.807, 2.05) is 18.2 Å². The Morgan fingerprint density at radius 3 is 2.57 bits per heavy atom. The molecule has 1 atom stereocenters. The van der Waals surface area contributed by atoms with Crippen molar-refractivity contribution in [2.45, 2.75) is 6.42 Å². The summed E-state index contributed by atoms with van der Waals surface area (Å²) in [6.45, 7) is 0.229. The lowest BCUT2D eigenvalue weighted by atomic mass is 9.97. The molecule has 72 valence electrons. The molecule has 0 bridgehead atoms. The summed E-state index contributed by atoms with van der Waals surface area (Å²) < 4.78 is 4.75. The molecule has 3 heteroatoms. The molecule has 0 saturated carbocycles. The Kier molecular flexibility index (Phi) is 2.31. The van der Waals surface area contributed by atoms with Crippen LogP contribution in [0.2, 0.25) is 0 Å². The van der Waals surface area contributed by atoms with Crippen molar-refractivity contribution < 1.29 is 14.3 Å². The first-order valence-electron chi connectivity index (χ1n) is 4.52. The van der Waals surface area contributed by atoms with Crippen LogP contribution in [0.25, 0.3) is 0 Å². The van der Waals surface area contributed by atoms with Crippen LogP contribution in [0.5, 0.6) is 0 Å². The van der Waals surface area contributed by atoms with E-state index in [0.29, 0.717) is 5.56 Å². The number of Topliss-reactive ketones (excluding diaryl/α,β-unsaturated/α-hetero) is 1. The minimum absolute atomic E-state index is 0.00329. The van der Waals surface area contributed by atoms with Gasteiger partial charge >= 0.3 is 5.97 Å². The second-order valence-corrected chi connectivity index (χ2v) is 3.31. The van der Waals surface area contributed by atoms with E-state index in [0.717, 1.165) is 0 Å². The van der Waals surface area contributed by atoms with Gasteiger partial charge < -0.3 is 4.74 Å². The summed E-state index contributed by atoms with van der Waals surface area (Å²) in [5.74, 6) is -0.569. The molecule has 0 unspecified atom stereocenters. The smallest absolute Gasteiger partial charge is 0.306 e. The largest absolute Gasteiger partial charge is 0.465 e. The van der Waals surface area contributed by atoms with Crippen molar-refractivity contribution in [2.24, 2.45) is 5.92 Å². The monoisotopic (exact) mass is 190 g/mol. The average molecular weight is 190 g/mol. The minimum atomic E-state index is -0.287. The average Bonchev–Trinajstić information content (AvgIpc) is 2.65. The Morgan fingerprint density at radius 1 is 1.29 bits per heavy atom. The number of carbonyl (C=O) groups is 2. The number of esters is 1. The number of hydrogen-bond donors (Lipinski definition) is 0. The number of ether oxygens (including phenoxy) is 1. The van der Waals surface area contributed by atoms with Crippen molar-refractivity contribution in [3.63, 3.8) is 0 Å². The highest BCUT2D eigenvalue weighted by Crippen LogP contribution is 2.19. The number of carbonyl (C=O) groups excluding carboxylic acids is 2. The van der Waals surface area contributed by atoms with E-state index in [1.165, 1.54) is 0 Å². The highest BCUT2D eigenvalue weighted by molar-refractivity contribution is 6.00. The molecule has 1 saturated heterocycles. The van der Waals surface area contributed by atoms with Gasteiger partial charge in [-0.2, -0.15) is 0 Å². The maximum atomic E-state index is 11.8. The maximum Gasteiger partial charge on any atom is 0.306 e. The van der Waals surface area contributed by atoms with Gasteiger partial charge in [-0.1, -0.05) is 30.3 Å². The lowest BCUT2D eigenvalue weighted by Gasteiger charge is -2.03. The molecule has 1 fully saturated rings. The number of hydrogen-bond acceptors (Lipinski definition) is 3. The molecule has 0 aliphatic carbocycles. The molecular weight excluding hydrogens is 180 g/mol. The predicted octanol–water partition coefficient (Wildman–Crippen LogP) is 1.43. The fraction of sp³-hybridized carbons (Fsp3) is 0.273. The zero-order valence-corrected chi connectivity index (χ0v) is 7.60. The van der Waals surface area contributed by atoms with E-state index in [1.54, 1.807) is 12.1 Å². The van der Waals surface area contributed by atoms with E-state index in [2.05, 4.69) is 0 Å². The van der Waals surface area contributed by atoms with E-state index >= 15 is 0 Å². The molecule has 1 aliphatic heterocycles. The Labute approximate surface area is 81.7 Å². The standard InChI is InChI=1S/C11H10O3/c12-10-6-9(7-14-10)11(13)8-4-2-1-3-5-8/h1-5,9H,6-7H2/t9-/m1/s1. The molecule has 1 aliphatic rings. The Hall–Kier alpha value is -1.64. The van der Waals surface area contributed by atoms with Crippen molar-refractivity contribution in [3.05, 3.63) is 35.9 Å². The third-order valence-electron chi connectivity index (χ3n) is 2.29. The van der Waals surface area contributed by atoms with E-state index in [4.69, 9.17) is 4.74 Å². The highest BCUT2D eigenvalue weighted by Gasteiger charge is 2.30. The SMILES string of the molecule is O=C1C[C@@H](C(=O)c2ccccc2)CO1. The first-order valence-corrected chi connectivity index (χ1v) is 4.52. The zero-order valence-electron chi connectivity index (χ0n) is 7.60. The summed E-state index contributed by atoms with van der Waals surface area (Å²) in [6.07, 6.45) is 0.216. The van der Waals surface area contributed by atoms with Crippen molar-refractivity contribution in [1.82, 2.24) is 0 Å². The van der Waals surface area contributed by atoms with Crippen LogP contribution in [0.4, 0.5) is 0 Å². The van der Waals surface area contributed by atoms with Crippen LogP contribution in [0.15, 0.2) is 30.3 Å². The lowest BCUT2D eigenvalue weighted by molar-refractivity contribution is -0.137. The Balaban J connectivity index is 2.13. The topological polar surface area (TPSA) is 43.4 Å². The summed E-state index contributed by atoms with van der Waals surface area (Å²) in [6, 6.07) is 8.99. The summed E-state index contributed by atoms with van der Waals surface area (Å²) in [5.41, 5.74) is 0.649. The zero-order chi connectivity index (χ0) is 9.97. The second kappa shape index (κ2) is 3.62. The van der Waals surface area contributed by atoms with E-state index < -0.39 is 0 Å². The molecule has 2 rings (SSSR count). The summed E-state index contributed by atoms with van der Waals surface area (Å²) in [5, 5.41) is 0. The molecule has 1 aromatic rings. The van der Waals surface area contributed by atoms with Gasteiger partial charge in [-0.25, -0.2) is 0 Å². The van der Waals surface area contributed by atoms with Gasteiger partial charge in [0.25, 0.3) is 0 Å². The summed E-state index contributed by atoms with van der Waals surface area (Å²) >= 11 is 0. The van der Waals surface area contributed by atoms with Gasteiger partial charge in [0.05, 0.1) is 12.3 Å². The van der Waals surface area contributed by atoms with Gasteiger partial charge in [-0.15, -0.1) is 0 Å². The van der Waals surface area contributed by atoms with Gasteiger partial charge in [-0.05, 0) is 0 Å². The molecule has 0 radical (unpaired) electrons. The van der Waals surface area contributed by atoms with Gasteiger partial charge in [0.2, 0.25) is 0 Å². The third kappa shape index (κ3) is 1.66. The van der Waals surface area contributed by atoms with E-state index in [-0.39, 0.29) is 30.7 Å². The molecule has 3 nitrogen and oxygen atoms in total. The van der Waals surface area contributed by atoms with Crippen LogP contribution in [0, 0.1) is 5.92 Å². The van der Waals surface area contributed by atoms with Gasteiger partial charge in [0.1, 0.15) is 6.61 Å². The molecule has 14 heavy (non-hydrogen) atoms. The first kappa shape index (κ1) is 8.94. The maximum absolute atomic E-state index is 11.8. The van der Waals surface area contributed by atoms with Crippen LogP contribution in [0.3, 0.4) is 0 Å². The van der Waals surface area contributed by atoms with Crippen LogP contribution in [0.1, 0.15) is 16.8 Å². The first-order chi connectivity index (χ1) is 6.77.